The standard InChI is InChI=1S/C17H18F3N3O2/c1-10-14(22-9-21-10)7-16(25)23-8-11(24)6-15(23)12-4-2-3-5-13(12)17(18,19)20/h2-5,9,11,15,24H,6-8H2,1H3,(H,21,22). The Balaban J connectivity index is 1.90. The zero-order valence-corrected chi connectivity index (χ0v) is 13.5. The van der Waals surface area contributed by atoms with Crippen molar-refractivity contribution in [1.29, 1.82) is 0 Å². The van der Waals surface area contributed by atoms with Gasteiger partial charge in [0, 0.05) is 12.2 Å². The summed E-state index contributed by atoms with van der Waals surface area (Å²) in [5.41, 5.74) is 0.524. The number of H-pyrrole nitrogens is 1. The number of halogens is 3. The van der Waals surface area contributed by atoms with E-state index in [1.807, 2.05) is 0 Å². The molecule has 0 aliphatic carbocycles. The maximum atomic E-state index is 13.3. The number of aromatic amines is 1. The number of amides is 1. The van der Waals surface area contributed by atoms with E-state index in [0.717, 1.165) is 11.8 Å². The second-order valence-corrected chi connectivity index (χ2v) is 6.19. The molecule has 0 radical (unpaired) electrons. The number of carbonyl (C=O) groups excluding carboxylic acids is 1. The lowest BCUT2D eigenvalue weighted by atomic mass is 9.97. The van der Waals surface area contributed by atoms with Gasteiger partial charge in [-0.15, -0.1) is 0 Å². The van der Waals surface area contributed by atoms with E-state index in [0.29, 0.717) is 5.69 Å². The molecule has 2 heterocycles. The predicted octanol–water partition coefficient (Wildman–Crippen LogP) is 2.61. The van der Waals surface area contributed by atoms with Gasteiger partial charge in [-0.25, -0.2) is 4.98 Å². The van der Waals surface area contributed by atoms with Crippen LogP contribution in [0.15, 0.2) is 30.6 Å². The molecule has 25 heavy (non-hydrogen) atoms. The Kier molecular flexibility index (Phi) is 4.55. The average Bonchev–Trinajstić information content (AvgIpc) is 3.13. The Morgan fingerprint density at radius 1 is 1.40 bits per heavy atom. The average molecular weight is 353 g/mol. The van der Waals surface area contributed by atoms with Crippen molar-refractivity contribution in [1.82, 2.24) is 14.9 Å². The zero-order valence-electron chi connectivity index (χ0n) is 13.5. The fourth-order valence-corrected chi connectivity index (χ4v) is 3.24. The largest absolute Gasteiger partial charge is 0.416 e. The summed E-state index contributed by atoms with van der Waals surface area (Å²) in [7, 11) is 0. The molecule has 0 bridgehead atoms. The van der Waals surface area contributed by atoms with Crippen molar-refractivity contribution in [3.05, 3.63) is 53.1 Å². The number of β-amino-alcohol motifs (C(OH)–C–C–N with tert-alkyl or cyclic N) is 1. The molecule has 5 nitrogen and oxygen atoms in total. The first-order chi connectivity index (χ1) is 11.8. The molecule has 2 N–H and O–H groups in total. The first-order valence-electron chi connectivity index (χ1n) is 7.90. The van der Waals surface area contributed by atoms with Crippen molar-refractivity contribution in [2.24, 2.45) is 0 Å². The van der Waals surface area contributed by atoms with Crippen LogP contribution in [0.25, 0.3) is 0 Å². The highest BCUT2D eigenvalue weighted by Crippen LogP contribution is 2.40. The van der Waals surface area contributed by atoms with Crippen LogP contribution in [-0.4, -0.2) is 38.5 Å². The number of hydrogen-bond acceptors (Lipinski definition) is 3. The zero-order chi connectivity index (χ0) is 18.2. The van der Waals surface area contributed by atoms with Gasteiger partial charge in [0.2, 0.25) is 5.91 Å². The number of nitrogens with one attached hydrogen (secondary N) is 1. The Morgan fingerprint density at radius 2 is 2.12 bits per heavy atom. The van der Waals surface area contributed by atoms with Crippen LogP contribution in [-0.2, 0) is 17.4 Å². The molecular formula is C17H18F3N3O2. The molecule has 8 heteroatoms. The molecule has 2 aromatic rings. The summed E-state index contributed by atoms with van der Waals surface area (Å²) in [6.07, 6.45) is -3.84. The molecule has 1 amide bonds. The van der Waals surface area contributed by atoms with Gasteiger partial charge in [0.1, 0.15) is 0 Å². The molecule has 0 spiro atoms. The first-order valence-corrected chi connectivity index (χ1v) is 7.90. The summed E-state index contributed by atoms with van der Waals surface area (Å²) in [5, 5.41) is 9.96. The minimum absolute atomic E-state index is 0.0126. The minimum Gasteiger partial charge on any atom is -0.391 e. The Hall–Kier alpha value is -2.35. The molecule has 1 saturated heterocycles. The van der Waals surface area contributed by atoms with Crippen molar-refractivity contribution >= 4 is 5.91 Å². The molecule has 0 saturated carbocycles. The van der Waals surface area contributed by atoms with Crippen LogP contribution < -0.4 is 0 Å². The number of benzene rings is 1. The second-order valence-electron chi connectivity index (χ2n) is 6.19. The van der Waals surface area contributed by atoms with Gasteiger partial charge in [-0.2, -0.15) is 13.2 Å². The highest BCUT2D eigenvalue weighted by atomic mass is 19.4. The summed E-state index contributed by atoms with van der Waals surface area (Å²) in [6.45, 7) is 1.78. The number of aliphatic hydroxyl groups excluding tert-OH is 1. The van der Waals surface area contributed by atoms with E-state index >= 15 is 0 Å². The van der Waals surface area contributed by atoms with Crippen molar-refractivity contribution in [2.45, 2.75) is 38.1 Å². The van der Waals surface area contributed by atoms with Crippen molar-refractivity contribution < 1.29 is 23.1 Å². The number of aromatic nitrogens is 2. The van der Waals surface area contributed by atoms with Gasteiger partial charge in [0.25, 0.3) is 0 Å². The van der Waals surface area contributed by atoms with E-state index < -0.39 is 23.9 Å². The number of alkyl halides is 3. The van der Waals surface area contributed by atoms with E-state index in [1.165, 1.54) is 29.4 Å². The topological polar surface area (TPSA) is 69.2 Å². The number of nitrogens with zero attached hydrogens (tertiary/aromatic N) is 2. The molecule has 1 aliphatic heterocycles. The molecule has 1 aromatic carbocycles. The Labute approximate surface area is 142 Å². The third-order valence-electron chi connectivity index (χ3n) is 4.48. The third-order valence-corrected chi connectivity index (χ3v) is 4.48. The van der Waals surface area contributed by atoms with Crippen LogP contribution in [0.3, 0.4) is 0 Å². The smallest absolute Gasteiger partial charge is 0.391 e. The van der Waals surface area contributed by atoms with Crippen LogP contribution in [0.5, 0.6) is 0 Å². The molecule has 2 atom stereocenters. The number of likely N-dealkylation sites (tertiary alicyclic amines) is 1. The molecule has 1 aliphatic rings. The van der Waals surface area contributed by atoms with Gasteiger partial charge in [0.05, 0.1) is 36.2 Å². The van der Waals surface area contributed by atoms with Gasteiger partial charge in [-0.3, -0.25) is 4.79 Å². The molecule has 3 rings (SSSR count). The highest BCUT2D eigenvalue weighted by Gasteiger charge is 2.41. The van der Waals surface area contributed by atoms with Gasteiger partial charge < -0.3 is 15.0 Å². The van der Waals surface area contributed by atoms with Gasteiger partial charge >= 0.3 is 6.18 Å². The van der Waals surface area contributed by atoms with Crippen LogP contribution >= 0.6 is 0 Å². The monoisotopic (exact) mass is 353 g/mol. The number of aryl methyl sites for hydroxylation is 1. The fraction of sp³-hybridized carbons (Fsp3) is 0.412. The molecule has 1 fully saturated rings. The summed E-state index contributed by atoms with van der Waals surface area (Å²) < 4.78 is 39.9. The van der Waals surface area contributed by atoms with Gasteiger partial charge in [0.15, 0.2) is 0 Å². The lowest BCUT2D eigenvalue weighted by molar-refractivity contribution is -0.140. The molecule has 2 unspecified atom stereocenters. The van der Waals surface area contributed by atoms with Crippen LogP contribution in [0.4, 0.5) is 13.2 Å². The Morgan fingerprint density at radius 3 is 2.76 bits per heavy atom. The maximum Gasteiger partial charge on any atom is 0.416 e. The lowest BCUT2D eigenvalue weighted by Crippen LogP contribution is -2.34. The SMILES string of the molecule is Cc1[nH]cnc1CC(=O)N1CC(O)CC1c1ccccc1C(F)(F)F. The summed E-state index contributed by atoms with van der Waals surface area (Å²) in [5.74, 6) is -0.353. The van der Waals surface area contributed by atoms with Crippen LogP contribution in [0, 0.1) is 6.92 Å². The summed E-state index contributed by atoms with van der Waals surface area (Å²) in [6, 6.07) is 4.39. The van der Waals surface area contributed by atoms with Crippen LogP contribution in [0.2, 0.25) is 0 Å². The minimum atomic E-state index is -4.52. The fourth-order valence-electron chi connectivity index (χ4n) is 3.24. The normalized spacial score (nSPS) is 20.9. The van der Waals surface area contributed by atoms with E-state index in [4.69, 9.17) is 0 Å². The molecule has 134 valence electrons. The summed E-state index contributed by atoms with van der Waals surface area (Å²) in [4.78, 5) is 20.9. The van der Waals surface area contributed by atoms with Gasteiger partial charge in [-0.1, -0.05) is 18.2 Å². The van der Waals surface area contributed by atoms with E-state index in [1.54, 1.807) is 6.92 Å². The third kappa shape index (κ3) is 3.53. The number of hydrogen-bond donors (Lipinski definition) is 2. The number of imidazole rings is 1. The first kappa shape index (κ1) is 17.5. The van der Waals surface area contributed by atoms with Crippen molar-refractivity contribution in [3.63, 3.8) is 0 Å². The predicted molar refractivity (Wildman–Crippen MR) is 83.6 cm³/mol. The summed E-state index contributed by atoms with van der Waals surface area (Å²) >= 11 is 0. The Bertz CT molecular complexity index is 772. The number of rotatable bonds is 3. The lowest BCUT2D eigenvalue weighted by Gasteiger charge is -2.27. The van der Waals surface area contributed by atoms with Crippen LogP contribution in [0.1, 0.15) is 35.0 Å². The maximum absolute atomic E-state index is 13.3. The van der Waals surface area contributed by atoms with E-state index in [2.05, 4.69) is 9.97 Å². The van der Waals surface area contributed by atoms with E-state index in [-0.39, 0.29) is 30.9 Å². The second kappa shape index (κ2) is 6.51. The molecule has 1 aromatic heterocycles. The van der Waals surface area contributed by atoms with E-state index in [9.17, 15) is 23.1 Å². The highest BCUT2D eigenvalue weighted by molar-refractivity contribution is 5.79. The quantitative estimate of drug-likeness (QED) is 0.891. The number of carbonyl (C=O) groups is 1. The molecular weight excluding hydrogens is 335 g/mol. The van der Waals surface area contributed by atoms with Crippen molar-refractivity contribution in [2.75, 3.05) is 6.54 Å². The van der Waals surface area contributed by atoms with Gasteiger partial charge in [-0.05, 0) is 25.0 Å². The number of aliphatic hydroxyl groups is 1. The van der Waals surface area contributed by atoms with Crippen molar-refractivity contribution in [3.8, 4) is 0 Å².